The van der Waals surface area contributed by atoms with Gasteiger partial charge in [-0.1, -0.05) is 47.1 Å². The maximum absolute atomic E-state index is 14.0. The van der Waals surface area contributed by atoms with Crippen LogP contribution in [0.25, 0.3) is 0 Å². The van der Waals surface area contributed by atoms with Crippen molar-refractivity contribution in [1.29, 1.82) is 0 Å². The molecule has 0 aliphatic heterocycles. The van der Waals surface area contributed by atoms with Crippen LogP contribution in [0.1, 0.15) is 0 Å². The summed E-state index contributed by atoms with van der Waals surface area (Å²) < 4.78 is 14.0. The van der Waals surface area contributed by atoms with Gasteiger partial charge in [0.25, 0.3) is 0 Å². The normalized spacial score (nSPS) is 10.6. The quantitative estimate of drug-likeness (QED) is 0.806. The van der Waals surface area contributed by atoms with Gasteiger partial charge in [0.15, 0.2) is 5.82 Å². The van der Waals surface area contributed by atoms with Crippen molar-refractivity contribution in [3.8, 4) is 0 Å². The van der Waals surface area contributed by atoms with Gasteiger partial charge in [-0.2, -0.15) is 0 Å². The standard InChI is InChI=1S/C12H9Cl2FN2S/c13-6-3-1-2-4-9(6)18-12-8(17)5-7(16)10(14)11(12)15/h1-5H,16-17H2. The van der Waals surface area contributed by atoms with Gasteiger partial charge in [-0.25, -0.2) is 4.39 Å². The molecule has 0 amide bonds. The number of rotatable bonds is 2. The molecule has 0 bridgehead atoms. The molecular weight excluding hydrogens is 294 g/mol. The molecule has 0 saturated heterocycles. The second kappa shape index (κ2) is 5.26. The fourth-order valence-electron chi connectivity index (χ4n) is 1.39. The summed E-state index contributed by atoms with van der Waals surface area (Å²) in [5, 5.41) is 0.396. The van der Waals surface area contributed by atoms with Crippen LogP contribution in [-0.4, -0.2) is 0 Å². The molecule has 0 heterocycles. The summed E-state index contributed by atoms with van der Waals surface area (Å²) in [5.41, 5.74) is 11.6. The van der Waals surface area contributed by atoms with E-state index in [1.54, 1.807) is 24.3 Å². The van der Waals surface area contributed by atoms with Crippen LogP contribution in [0.15, 0.2) is 40.1 Å². The molecule has 0 fully saturated rings. The zero-order valence-electron chi connectivity index (χ0n) is 9.08. The largest absolute Gasteiger partial charge is 0.398 e. The lowest BCUT2D eigenvalue weighted by Gasteiger charge is -2.10. The van der Waals surface area contributed by atoms with Crippen LogP contribution in [0.5, 0.6) is 0 Å². The van der Waals surface area contributed by atoms with E-state index >= 15 is 0 Å². The number of hydrogen-bond donors (Lipinski definition) is 2. The first-order chi connectivity index (χ1) is 8.50. The van der Waals surface area contributed by atoms with Crippen LogP contribution in [0.2, 0.25) is 10.0 Å². The Morgan fingerprint density at radius 2 is 1.72 bits per heavy atom. The van der Waals surface area contributed by atoms with E-state index in [-0.39, 0.29) is 21.3 Å². The molecule has 0 atom stereocenters. The minimum atomic E-state index is -0.626. The van der Waals surface area contributed by atoms with Gasteiger partial charge in [0, 0.05) is 4.90 Å². The Labute approximate surface area is 118 Å². The van der Waals surface area contributed by atoms with E-state index < -0.39 is 5.82 Å². The van der Waals surface area contributed by atoms with Gasteiger partial charge in [0.05, 0.1) is 21.3 Å². The Kier molecular flexibility index (Phi) is 3.90. The van der Waals surface area contributed by atoms with Crippen molar-refractivity contribution in [3.05, 3.63) is 46.2 Å². The summed E-state index contributed by atoms with van der Waals surface area (Å²) in [5.74, 6) is -0.626. The highest BCUT2D eigenvalue weighted by atomic mass is 35.5. The summed E-state index contributed by atoms with van der Waals surface area (Å²) >= 11 is 12.9. The van der Waals surface area contributed by atoms with Crippen molar-refractivity contribution in [1.82, 2.24) is 0 Å². The predicted molar refractivity (Wildman–Crippen MR) is 75.8 cm³/mol. The van der Waals surface area contributed by atoms with E-state index in [4.69, 9.17) is 34.7 Å². The monoisotopic (exact) mass is 302 g/mol. The summed E-state index contributed by atoms with van der Waals surface area (Å²) in [6, 6.07) is 8.53. The fourth-order valence-corrected chi connectivity index (χ4v) is 2.75. The summed E-state index contributed by atoms with van der Waals surface area (Å²) in [4.78, 5) is 0.924. The van der Waals surface area contributed by atoms with E-state index in [0.29, 0.717) is 9.92 Å². The SMILES string of the molecule is Nc1cc(N)c(Sc2ccccc2Cl)c(F)c1Cl. The number of nitrogen functional groups attached to an aromatic ring is 2. The molecular formula is C12H9Cl2FN2S. The Morgan fingerprint density at radius 1 is 1.06 bits per heavy atom. The van der Waals surface area contributed by atoms with Gasteiger partial charge in [-0.15, -0.1) is 0 Å². The molecule has 0 aromatic heterocycles. The summed E-state index contributed by atoms with van der Waals surface area (Å²) in [7, 11) is 0. The number of halogens is 3. The average Bonchev–Trinajstić information content (AvgIpc) is 2.34. The highest BCUT2D eigenvalue weighted by molar-refractivity contribution is 7.99. The second-order valence-corrected chi connectivity index (χ2v) is 5.38. The van der Waals surface area contributed by atoms with Crippen molar-refractivity contribution in [2.75, 3.05) is 11.5 Å². The van der Waals surface area contributed by atoms with Crippen molar-refractivity contribution >= 4 is 46.3 Å². The van der Waals surface area contributed by atoms with E-state index in [1.807, 2.05) is 0 Å². The summed E-state index contributed by atoms with van der Waals surface area (Å²) in [6.07, 6.45) is 0. The molecule has 0 aliphatic rings. The lowest BCUT2D eigenvalue weighted by atomic mass is 10.3. The molecule has 0 spiro atoms. The van der Waals surface area contributed by atoms with Crippen molar-refractivity contribution in [3.63, 3.8) is 0 Å². The lowest BCUT2D eigenvalue weighted by Crippen LogP contribution is -1.98. The van der Waals surface area contributed by atoms with E-state index in [1.165, 1.54) is 6.07 Å². The van der Waals surface area contributed by atoms with Gasteiger partial charge < -0.3 is 11.5 Å². The summed E-state index contributed by atoms with van der Waals surface area (Å²) in [6.45, 7) is 0. The van der Waals surface area contributed by atoms with Gasteiger partial charge in [-0.3, -0.25) is 0 Å². The third kappa shape index (κ3) is 2.51. The number of benzene rings is 2. The van der Waals surface area contributed by atoms with Gasteiger partial charge in [0.1, 0.15) is 5.02 Å². The maximum Gasteiger partial charge on any atom is 0.159 e. The highest BCUT2D eigenvalue weighted by Crippen LogP contribution is 2.41. The Hall–Kier alpha value is -1.10. The topological polar surface area (TPSA) is 52.0 Å². The molecule has 6 heteroatoms. The maximum atomic E-state index is 14.0. The van der Waals surface area contributed by atoms with Crippen LogP contribution < -0.4 is 11.5 Å². The minimum absolute atomic E-state index is 0.121. The smallest absolute Gasteiger partial charge is 0.159 e. The Balaban J connectivity index is 2.47. The third-order valence-corrected chi connectivity index (χ3v) is 4.29. The van der Waals surface area contributed by atoms with Crippen LogP contribution in [0.3, 0.4) is 0 Å². The molecule has 2 aromatic rings. The molecule has 4 N–H and O–H groups in total. The first-order valence-corrected chi connectivity index (χ1v) is 6.53. The molecule has 2 nitrogen and oxygen atoms in total. The molecule has 2 rings (SSSR count). The van der Waals surface area contributed by atoms with Crippen LogP contribution in [-0.2, 0) is 0 Å². The zero-order valence-corrected chi connectivity index (χ0v) is 11.4. The first kappa shape index (κ1) is 13.3. The minimum Gasteiger partial charge on any atom is -0.398 e. The Bertz CT molecular complexity index is 605. The lowest BCUT2D eigenvalue weighted by molar-refractivity contribution is 0.604. The molecule has 0 radical (unpaired) electrons. The van der Waals surface area contributed by atoms with Gasteiger partial charge in [-0.05, 0) is 18.2 Å². The Morgan fingerprint density at radius 3 is 2.39 bits per heavy atom. The fraction of sp³-hybridized carbons (Fsp3) is 0. The number of hydrogen-bond acceptors (Lipinski definition) is 3. The van der Waals surface area contributed by atoms with Crippen molar-refractivity contribution in [2.24, 2.45) is 0 Å². The third-order valence-electron chi connectivity index (χ3n) is 2.27. The number of nitrogens with two attached hydrogens (primary N) is 2. The molecule has 0 aliphatic carbocycles. The van der Waals surface area contributed by atoms with E-state index in [2.05, 4.69) is 0 Å². The zero-order chi connectivity index (χ0) is 13.3. The first-order valence-electron chi connectivity index (χ1n) is 4.96. The van der Waals surface area contributed by atoms with Crippen LogP contribution in [0, 0.1) is 5.82 Å². The van der Waals surface area contributed by atoms with Crippen LogP contribution in [0.4, 0.5) is 15.8 Å². The molecule has 94 valence electrons. The van der Waals surface area contributed by atoms with E-state index in [9.17, 15) is 4.39 Å². The molecule has 2 aromatic carbocycles. The van der Waals surface area contributed by atoms with Crippen molar-refractivity contribution < 1.29 is 4.39 Å². The van der Waals surface area contributed by atoms with Gasteiger partial charge in [0.2, 0.25) is 0 Å². The second-order valence-electron chi connectivity index (χ2n) is 3.54. The van der Waals surface area contributed by atoms with Crippen LogP contribution >= 0.6 is 35.0 Å². The highest BCUT2D eigenvalue weighted by Gasteiger charge is 2.16. The van der Waals surface area contributed by atoms with E-state index in [0.717, 1.165) is 11.8 Å². The molecule has 0 unspecified atom stereocenters. The predicted octanol–water partition coefficient (Wildman–Crippen LogP) is 4.45. The van der Waals surface area contributed by atoms with Crippen molar-refractivity contribution in [2.45, 2.75) is 9.79 Å². The average molecular weight is 303 g/mol. The molecule has 0 saturated carbocycles. The van der Waals surface area contributed by atoms with Gasteiger partial charge >= 0.3 is 0 Å². The number of anilines is 2. The molecule has 18 heavy (non-hydrogen) atoms.